The normalized spacial score (nSPS) is 15.7. The van der Waals surface area contributed by atoms with E-state index in [4.69, 9.17) is 6.42 Å². The fraction of sp³-hybridized carbons (Fsp3) is 0.333. The first-order valence-corrected chi connectivity index (χ1v) is 4.90. The molecule has 0 amide bonds. The maximum atomic E-state index is 9.38. The molecule has 1 aliphatic heterocycles. The lowest BCUT2D eigenvalue weighted by Crippen LogP contribution is -2.30. The third-order valence-corrected chi connectivity index (χ3v) is 2.70. The molecule has 0 atom stereocenters. The van der Waals surface area contributed by atoms with E-state index in [1.54, 1.807) is 12.1 Å². The van der Waals surface area contributed by atoms with Crippen LogP contribution in [0.25, 0.3) is 0 Å². The molecule has 78 valence electrons. The van der Waals surface area contributed by atoms with Crippen molar-refractivity contribution in [3.05, 3.63) is 23.3 Å². The number of phenols is 2. The number of fused-ring (bicyclic) bond motifs is 1. The molecule has 0 fully saturated rings. The molecule has 2 N–H and O–H groups in total. The number of terminal acetylenes is 1. The van der Waals surface area contributed by atoms with Gasteiger partial charge in [-0.15, -0.1) is 6.42 Å². The SMILES string of the molecule is C#CCN1CCc2cc(O)c(O)cc2C1. The molecule has 0 spiro atoms. The highest BCUT2D eigenvalue weighted by atomic mass is 16.3. The van der Waals surface area contributed by atoms with Gasteiger partial charge in [-0.3, -0.25) is 4.90 Å². The van der Waals surface area contributed by atoms with Crippen LogP contribution in [-0.2, 0) is 13.0 Å². The summed E-state index contributed by atoms with van der Waals surface area (Å²) in [5.41, 5.74) is 2.14. The minimum absolute atomic E-state index is 0.0425. The summed E-state index contributed by atoms with van der Waals surface area (Å²) < 4.78 is 0. The Bertz CT molecular complexity index is 420. The van der Waals surface area contributed by atoms with E-state index in [1.807, 2.05) is 0 Å². The van der Waals surface area contributed by atoms with Crippen molar-refractivity contribution in [1.29, 1.82) is 0 Å². The van der Waals surface area contributed by atoms with E-state index < -0.39 is 0 Å². The molecular weight excluding hydrogens is 190 g/mol. The highest BCUT2D eigenvalue weighted by Gasteiger charge is 2.17. The predicted octanol–water partition coefficient (Wildman–Crippen LogP) is 1.09. The van der Waals surface area contributed by atoms with Crippen LogP contribution in [0.1, 0.15) is 11.1 Å². The summed E-state index contributed by atoms with van der Waals surface area (Å²) in [4.78, 5) is 2.14. The van der Waals surface area contributed by atoms with Crippen LogP contribution >= 0.6 is 0 Å². The second-order valence-electron chi connectivity index (χ2n) is 3.77. The van der Waals surface area contributed by atoms with Crippen molar-refractivity contribution in [2.24, 2.45) is 0 Å². The second-order valence-corrected chi connectivity index (χ2v) is 3.77. The van der Waals surface area contributed by atoms with Crippen molar-refractivity contribution in [1.82, 2.24) is 4.90 Å². The average Bonchev–Trinajstić information content (AvgIpc) is 2.21. The second kappa shape index (κ2) is 3.84. The molecule has 0 unspecified atom stereocenters. The van der Waals surface area contributed by atoms with Crippen LogP contribution in [0.3, 0.4) is 0 Å². The van der Waals surface area contributed by atoms with Gasteiger partial charge in [0.05, 0.1) is 6.54 Å². The number of rotatable bonds is 1. The van der Waals surface area contributed by atoms with E-state index >= 15 is 0 Å². The third-order valence-electron chi connectivity index (χ3n) is 2.70. The van der Waals surface area contributed by atoms with Crippen LogP contribution < -0.4 is 0 Å². The fourth-order valence-corrected chi connectivity index (χ4v) is 1.91. The fourth-order valence-electron chi connectivity index (χ4n) is 1.91. The number of aromatic hydroxyl groups is 2. The minimum atomic E-state index is -0.0590. The van der Waals surface area contributed by atoms with Gasteiger partial charge in [-0.05, 0) is 29.7 Å². The summed E-state index contributed by atoms with van der Waals surface area (Å²) in [6.07, 6.45) is 6.12. The third kappa shape index (κ3) is 1.90. The quantitative estimate of drug-likeness (QED) is 0.530. The Kier molecular flexibility index (Phi) is 2.53. The van der Waals surface area contributed by atoms with Crippen molar-refractivity contribution in [3.8, 4) is 23.8 Å². The van der Waals surface area contributed by atoms with Crippen LogP contribution in [-0.4, -0.2) is 28.2 Å². The van der Waals surface area contributed by atoms with Crippen LogP contribution in [0.2, 0.25) is 0 Å². The van der Waals surface area contributed by atoms with Crippen molar-refractivity contribution in [2.45, 2.75) is 13.0 Å². The predicted molar refractivity (Wildman–Crippen MR) is 57.6 cm³/mol. The molecule has 3 heteroatoms. The van der Waals surface area contributed by atoms with Gasteiger partial charge < -0.3 is 10.2 Å². The number of hydrogen-bond acceptors (Lipinski definition) is 3. The Morgan fingerprint density at radius 3 is 2.60 bits per heavy atom. The van der Waals surface area contributed by atoms with E-state index in [-0.39, 0.29) is 11.5 Å². The van der Waals surface area contributed by atoms with Crippen molar-refractivity contribution < 1.29 is 10.2 Å². The van der Waals surface area contributed by atoms with Gasteiger partial charge in [0.1, 0.15) is 0 Å². The lowest BCUT2D eigenvalue weighted by molar-refractivity contribution is 0.284. The summed E-state index contributed by atoms with van der Waals surface area (Å²) >= 11 is 0. The van der Waals surface area contributed by atoms with Crippen molar-refractivity contribution in [2.75, 3.05) is 13.1 Å². The number of hydrogen-bond donors (Lipinski definition) is 2. The van der Waals surface area contributed by atoms with Gasteiger partial charge in [0, 0.05) is 13.1 Å². The zero-order valence-corrected chi connectivity index (χ0v) is 8.40. The van der Waals surface area contributed by atoms with Crippen LogP contribution in [0.5, 0.6) is 11.5 Å². The highest BCUT2D eigenvalue weighted by molar-refractivity contribution is 5.46. The molecule has 0 bridgehead atoms. The maximum Gasteiger partial charge on any atom is 0.157 e. The van der Waals surface area contributed by atoms with Gasteiger partial charge in [-0.2, -0.15) is 0 Å². The summed E-state index contributed by atoms with van der Waals surface area (Å²) in [7, 11) is 0. The van der Waals surface area contributed by atoms with E-state index in [0.29, 0.717) is 6.54 Å². The zero-order chi connectivity index (χ0) is 10.8. The number of benzene rings is 1. The lowest BCUT2D eigenvalue weighted by atomic mass is 9.99. The summed E-state index contributed by atoms with van der Waals surface area (Å²) in [6, 6.07) is 3.26. The number of phenolic OH excluding ortho intramolecular Hbond substituents is 2. The molecule has 1 heterocycles. The summed E-state index contributed by atoms with van der Waals surface area (Å²) in [5, 5.41) is 18.7. The smallest absolute Gasteiger partial charge is 0.157 e. The van der Waals surface area contributed by atoms with Crippen LogP contribution in [0.4, 0.5) is 0 Å². The molecule has 1 aromatic carbocycles. The van der Waals surface area contributed by atoms with Gasteiger partial charge in [-0.25, -0.2) is 0 Å². The molecule has 0 radical (unpaired) electrons. The van der Waals surface area contributed by atoms with Crippen molar-refractivity contribution >= 4 is 0 Å². The topological polar surface area (TPSA) is 43.7 Å². The average molecular weight is 203 g/mol. The van der Waals surface area contributed by atoms with E-state index in [1.165, 1.54) is 0 Å². The number of nitrogens with zero attached hydrogens (tertiary/aromatic N) is 1. The Labute approximate surface area is 89.0 Å². The van der Waals surface area contributed by atoms with Crippen molar-refractivity contribution in [3.63, 3.8) is 0 Å². The van der Waals surface area contributed by atoms with E-state index in [9.17, 15) is 10.2 Å². The monoisotopic (exact) mass is 203 g/mol. The summed E-state index contributed by atoms with van der Waals surface area (Å²) in [6.45, 7) is 2.27. The minimum Gasteiger partial charge on any atom is -0.504 e. The Balaban J connectivity index is 2.27. The Morgan fingerprint density at radius 1 is 1.27 bits per heavy atom. The van der Waals surface area contributed by atoms with Gasteiger partial charge in [0.25, 0.3) is 0 Å². The Morgan fingerprint density at radius 2 is 1.93 bits per heavy atom. The van der Waals surface area contributed by atoms with Gasteiger partial charge in [0.2, 0.25) is 0 Å². The molecule has 1 aromatic rings. The molecule has 0 saturated heterocycles. The molecule has 15 heavy (non-hydrogen) atoms. The molecular formula is C12H13NO2. The molecule has 3 nitrogen and oxygen atoms in total. The van der Waals surface area contributed by atoms with Gasteiger partial charge in [0.15, 0.2) is 11.5 Å². The van der Waals surface area contributed by atoms with Crippen LogP contribution in [0, 0.1) is 12.3 Å². The first kappa shape index (κ1) is 9.88. The zero-order valence-electron chi connectivity index (χ0n) is 8.40. The molecule has 0 aliphatic carbocycles. The molecule has 0 aromatic heterocycles. The maximum absolute atomic E-state index is 9.38. The molecule has 0 saturated carbocycles. The Hall–Kier alpha value is -1.66. The molecule has 1 aliphatic rings. The first-order valence-electron chi connectivity index (χ1n) is 4.90. The largest absolute Gasteiger partial charge is 0.504 e. The molecule has 2 rings (SSSR count). The first-order chi connectivity index (χ1) is 7.20. The highest BCUT2D eigenvalue weighted by Crippen LogP contribution is 2.31. The lowest BCUT2D eigenvalue weighted by Gasteiger charge is -2.27. The van der Waals surface area contributed by atoms with E-state index in [0.717, 1.165) is 30.6 Å². The van der Waals surface area contributed by atoms with Gasteiger partial charge in [-0.1, -0.05) is 5.92 Å². The summed E-state index contributed by atoms with van der Waals surface area (Å²) in [5.74, 6) is 2.51. The standard InChI is InChI=1S/C12H13NO2/c1-2-4-13-5-3-9-6-11(14)12(15)7-10(9)8-13/h1,6-7,14-15H,3-5,8H2. The van der Waals surface area contributed by atoms with Gasteiger partial charge >= 0.3 is 0 Å². The van der Waals surface area contributed by atoms with E-state index in [2.05, 4.69) is 10.8 Å². The van der Waals surface area contributed by atoms with Crippen LogP contribution in [0.15, 0.2) is 12.1 Å².